The number of ether oxygens (including phenoxy) is 3. The molecule has 0 saturated heterocycles. The number of benzene rings is 1. The van der Waals surface area contributed by atoms with Crippen LogP contribution in [0.15, 0.2) is 40.9 Å². The Morgan fingerprint density at radius 1 is 0.702 bits per heavy atom. The first kappa shape index (κ1) is 32.6. The fourth-order valence-electron chi connectivity index (χ4n) is 6.50. The summed E-state index contributed by atoms with van der Waals surface area (Å²) in [5.74, 6) is 2.01. The van der Waals surface area contributed by atoms with Gasteiger partial charge in [0.2, 0.25) is 5.75 Å². The maximum Gasteiger partial charge on any atom is 0.203 e. The van der Waals surface area contributed by atoms with E-state index in [0.29, 0.717) is 17.2 Å². The van der Waals surface area contributed by atoms with E-state index in [0.717, 1.165) is 79.7 Å². The number of methoxy groups -OCH3 is 3. The molecular weight excluding hydrogens is 652 g/mol. The van der Waals surface area contributed by atoms with Crippen molar-refractivity contribution in [3.8, 4) is 28.4 Å². The molecule has 3 aromatic heterocycles. The fraction of sp³-hybridized carbons (Fsp3) is 0.333. The third-order valence-electron chi connectivity index (χ3n) is 9.18. The van der Waals surface area contributed by atoms with Crippen LogP contribution in [-0.2, 0) is 6.42 Å². The monoisotopic (exact) mass is 694 g/mol. The van der Waals surface area contributed by atoms with Crippen molar-refractivity contribution in [2.24, 2.45) is 0 Å². The molecule has 0 saturated carbocycles. The van der Waals surface area contributed by atoms with Crippen molar-refractivity contribution in [1.29, 1.82) is 0 Å². The van der Waals surface area contributed by atoms with Crippen LogP contribution in [0, 0.1) is 0 Å². The van der Waals surface area contributed by atoms with Crippen LogP contribution in [0.5, 0.6) is 17.2 Å². The summed E-state index contributed by atoms with van der Waals surface area (Å²) in [5.41, 5.74) is 12.0. The number of hydrogen-bond donors (Lipinski definition) is 2. The molecule has 244 valence electrons. The number of unbranched alkanes of at least 4 members (excludes halogenated alkanes) is 3. The Labute approximate surface area is 285 Å². The number of aromatic nitrogens is 4. The second-order valence-electron chi connectivity index (χ2n) is 12.1. The molecule has 2 aliphatic rings. The van der Waals surface area contributed by atoms with Crippen LogP contribution in [0.4, 0.5) is 0 Å². The minimum absolute atomic E-state index is 0.284. The maximum absolute atomic E-state index is 5.76. The maximum atomic E-state index is 5.76. The molecule has 7 nitrogen and oxygen atoms in total. The van der Waals surface area contributed by atoms with Gasteiger partial charge in [-0.1, -0.05) is 40.0 Å². The van der Waals surface area contributed by atoms with Gasteiger partial charge in [-0.05, 0) is 107 Å². The molecular formula is C39H43BrN4O3. The number of fused-ring (bicyclic) bond motifs is 8. The molecule has 0 fully saturated rings. The molecule has 0 aliphatic carbocycles. The number of hydrogen-bond acceptors (Lipinski definition) is 5. The van der Waals surface area contributed by atoms with Gasteiger partial charge in [0, 0.05) is 33.2 Å². The summed E-state index contributed by atoms with van der Waals surface area (Å²) in [6.45, 7) is 6.75. The van der Waals surface area contributed by atoms with Crippen LogP contribution in [0.1, 0.15) is 92.7 Å². The summed E-state index contributed by atoms with van der Waals surface area (Å²) >= 11 is 3.88. The van der Waals surface area contributed by atoms with E-state index >= 15 is 0 Å². The van der Waals surface area contributed by atoms with Crippen molar-refractivity contribution in [2.75, 3.05) is 21.3 Å². The molecule has 5 heterocycles. The minimum Gasteiger partial charge on any atom is -0.493 e. The van der Waals surface area contributed by atoms with E-state index in [4.69, 9.17) is 24.2 Å². The number of halogens is 1. The van der Waals surface area contributed by atoms with Crippen LogP contribution in [0.2, 0.25) is 0 Å². The topological polar surface area (TPSA) is 85.0 Å². The number of aromatic amines is 2. The Balaban J connectivity index is 1.72. The Hall–Kier alpha value is -4.30. The van der Waals surface area contributed by atoms with E-state index < -0.39 is 0 Å². The van der Waals surface area contributed by atoms with Gasteiger partial charge >= 0.3 is 0 Å². The van der Waals surface area contributed by atoms with E-state index in [9.17, 15) is 0 Å². The Morgan fingerprint density at radius 2 is 1.28 bits per heavy atom. The number of H-pyrrole nitrogens is 2. The van der Waals surface area contributed by atoms with E-state index in [1.54, 1.807) is 21.3 Å². The lowest BCUT2D eigenvalue weighted by atomic mass is 9.97. The van der Waals surface area contributed by atoms with Gasteiger partial charge in [0.1, 0.15) is 0 Å². The summed E-state index contributed by atoms with van der Waals surface area (Å²) in [7, 11) is 4.90. The largest absolute Gasteiger partial charge is 0.493 e. The zero-order valence-corrected chi connectivity index (χ0v) is 29.7. The average molecular weight is 696 g/mol. The Kier molecular flexibility index (Phi) is 9.87. The fourth-order valence-corrected chi connectivity index (χ4v) is 6.95. The first-order valence-electron chi connectivity index (χ1n) is 16.5. The normalized spacial score (nSPS) is 12.8. The molecule has 4 aromatic rings. The molecule has 0 radical (unpaired) electrons. The highest BCUT2D eigenvalue weighted by Crippen LogP contribution is 2.43. The molecule has 47 heavy (non-hydrogen) atoms. The quantitative estimate of drug-likeness (QED) is 0.132. The second kappa shape index (κ2) is 14.2. The predicted molar refractivity (Wildman–Crippen MR) is 198 cm³/mol. The molecule has 8 heteroatoms. The smallest absolute Gasteiger partial charge is 0.203 e. The Morgan fingerprint density at radius 3 is 1.89 bits per heavy atom. The SMILES string of the molecule is CCCCCCc1c2nc(c(Br)c3ccc([nH]3)c(-c3cc(OC)c(OC)c(OC)c3)c3ccc([nH]3)c(C(C)CC)c3nc1C=C3)C=C2. The number of rotatable bonds is 11. The Bertz CT molecular complexity index is 2000. The molecule has 2 N–H and O–H groups in total. The van der Waals surface area contributed by atoms with E-state index in [2.05, 4.69) is 95.2 Å². The summed E-state index contributed by atoms with van der Waals surface area (Å²) in [4.78, 5) is 17.9. The lowest BCUT2D eigenvalue weighted by Gasteiger charge is -2.14. The zero-order chi connectivity index (χ0) is 33.1. The highest BCUT2D eigenvalue weighted by atomic mass is 79.9. The molecule has 6 rings (SSSR count). The number of nitrogens with one attached hydrogen (secondary N) is 2. The van der Waals surface area contributed by atoms with Gasteiger partial charge in [0.05, 0.1) is 54.1 Å². The van der Waals surface area contributed by atoms with Crippen LogP contribution in [0.25, 0.3) is 57.5 Å². The van der Waals surface area contributed by atoms with E-state index in [1.807, 2.05) is 12.1 Å². The van der Waals surface area contributed by atoms with Crippen molar-refractivity contribution in [2.45, 2.75) is 65.2 Å². The summed E-state index contributed by atoms with van der Waals surface area (Å²) in [6.07, 6.45) is 15.2. The van der Waals surface area contributed by atoms with Crippen LogP contribution in [-0.4, -0.2) is 41.3 Å². The van der Waals surface area contributed by atoms with E-state index in [-0.39, 0.29) is 5.92 Å². The second-order valence-corrected chi connectivity index (χ2v) is 12.9. The average Bonchev–Trinajstić information content (AvgIpc) is 3.92. The lowest BCUT2D eigenvalue weighted by Crippen LogP contribution is -1.98. The predicted octanol–water partition coefficient (Wildman–Crippen LogP) is 10.7. The highest BCUT2D eigenvalue weighted by Gasteiger charge is 2.20. The van der Waals surface area contributed by atoms with Crippen LogP contribution >= 0.6 is 15.9 Å². The molecule has 2 aliphatic heterocycles. The first-order chi connectivity index (χ1) is 22.9. The number of nitrogens with zero attached hydrogens (tertiary/aromatic N) is 2. The van der Waals surface area contributed by atoms with Gasteiger partial charge in [0.25, 0.3) is 0 Å². The highest BCUT2D eigenvalue weighted by molar-refractivity contribution is 9.10. The van der Waals surface area contributed by atoms with Crippen molar-refractivity contribution in [1.82, 2.24) is 19.9 Å². The van der Waals surface area contributed by atoms with Crippen molar-refractivity contribution >= 4 is 62.3 Å². The molecule has 1 atom stereocenters. The van der Waals surface area contributed by atoms with Gasteiger partial charge in [0.15, 0.2) is 11.5 Å². The summed E-state index contributed by atoms with van der Waals surface area (Å²) in [6, 6.07) is 12.5. The minimum atomic E-state index is 0.284. The van der Waals surface area contributed by atoms with Gasteiger partial charge in [-0.3, -0.25) is 0 Å². The third-order valence-corrected chi connectivity index (χ3v) is 10.0. The molecule has 1 unspecified atom stereocenters. The lowest BCUT2D eigenvalue weighted by molar-refractivity contribution is 0.324. The third kappa shape index (κ3) is 6.35. The van der Waals surface area contributed by atoms with Gasteiger partial charge < -0.3 is 24.2 Å². The molecule has 1 aromatic carbocycles. The van der Waals surface area contributed by atoms with Crippen LogP contribution in [0.3, 0.4) is 0 Å². The van der Waals surface area contributed by atoms with Crippen LogP contribution < -0.4 is 14.2 Å². The van der Waals surface area contributed by atoms with Crippen molar-refractivity contribution < 1.29 is 14.2 Å². The summed E-state index contributed by atoms with van der Waals surface area (Å²) < 4.78 is 18.1. The first-order valence-corrected chi connectivity index (χ1v) is 17.3. The molecule has 8 bridgehead atoms. The van der Waals surface area contributed by atoms with Gasteiger partial charge in [-0.2, -0.15) is 0 Å². The van der Waals surface area contributed by atoms with Crippen molar-refractivity contribution in [3.63, 3.8) is 0 Å². The standard InChI is InChI=1S/C39H43BrN4O3/c1-7-9-10-11-12-25-26-13-15-28(41-26)36(23(3)8-2)29-16-17-30(43-29)37(24-21-34(45-4)39(47-6)35(22-24)46-5)31-18-20-33(44-31)38(40)32-19-14-27(25)42-32/h13-23,43-44H,7-12H2,1-6H3. The molecule has 0 spiro atoms. The van der Waals surface area contributed by atoms with E-state index in [1.165, 1.54) is 30.4 Å². The zero-order valence-electron chi connectivity index (χ0n) is 28.1. The van der Waals surface area contributed by atoms with Gasteiger partial charge in [-0.25, -0.2) is 9.97 Å². The van der Waals surface area contributed by atoms with Gasteiger partial charge in [-0.15, -0.1) is 0 Å². The van der Waals surface area contributed by atoms with Crippen molar-refractivity contribution in [3.05, 3.63) is 74.8 Å². The molecule has 0 amide bonds. The summed E-state index contributed by atoms with van der Waals surface area (Å²) in [5, 5.41) is 0.